The summed E-state index contributed by atoms with van der Waals surface area (Å²) in [6.07, 6.45) is -1.20. The zero-order valence-electron chi connectivity index (χ0n) is 14.4. The van der Waals surface area contributed by atoms with Gasteiger partial charge in [0, 0.05) is 17.7 Å². The monoisotopic (exact) mass is 385 g/mol. The molecule has 0 spiro atoms. The minimum Gasteiger partial charge on any atom is -0.495 e. The quantitative estimate of drug-likeness (QED) is 0.452. The van der Waals surface area contributed by atoms with Gasteiger partial charge in [0.1, 0.15) is 28.9 Å². The van der Waals surface area contributed by atoms with Crippen molar-refractivity contribution < 1.29 is 28.5 Å². The third-order valence-corrected chi connectivity index (χ3v) is 4.57. The van der Waals surface area contributed by atoms with Gasteiger partial charge in [0.25, 0.3) is 11.6 Å². The highest BCUT2D eigenvalue weighted by molar-refractivity contribution is 6.32. The van der Waals surface area contributed by atoms with Crippen LogP contribution in [0.5, 0.6) is 5.75 Å². The van der Waals surface area contributed by atoms with Crippen LogP contribution in [0.2, 0.25) is 0 Å². The Morgan fingerprint density at radius 3 is 2.54 bits per heavy atom. The topological polar surface area (TPSA) is 111 Å². The summed E-state index contributed by atoms with van der Waals surface area (Å²) in [7, 11) is 1.32. The largest absolute Gasteiger partial charge is 0.495 e. The standard InChI is InChI=1S/C18H12FN3O6/c1-27-13-7-6-11(22(25)26)8-12(13)21-17(23)14-15(20-28-16(14)18(21)24)9-2-4-10(19)5-3-9/h2-8,14,16H,1H3/t14-,16+/m1/s1. The number of ether oxygens (including phenoxy) is 1. The van der Waals surface area contributed by atoms with E-state index in [0.29, 0.717) is 5.56 Å². The number of amides is 2. The third kappa shape index (κ3) is 2.57. The number of anilines is 1. The normalized spacial score (nSPS) is 20.6. The number of nitrogens with zero attached hydrogens (tertiary/aromatic N) is 3. The number of rotatable bonds is 4. The summed E-state index contributed by atoms with van der Waals surface area (Å²) in [5.41, 5.74) is 0.267. The second-order valence-electron chi connectivity index (χ2n) is 6.11. The van der Waals surface area contributed by atoms with Crippen LogP contribution in [0.3, 0.4) is 0 Å². The Bertz CT molecular complexity index is 1040. The molecule has 10 heteroatoms. The number of nitro benzene ring substituents is 1. The van der Waals surface area contributed by atoms with Crippen LogP contribution in [0.1, 0.15) is 5.56 Å². The molecule has 2 amide bonds. The number of oxime groups is 1. The Morgan fingerprint density at radius 1 is 1.18 bits per heavy atom. The van der Waals surface area contributed by atoms with Gasteiger partial charge in [-0.05, 0) is 18.2 Å². The van der Waals surface area contributed by atoms with E-state index in [0.717, 1.165) is 11.0 Å². The number of halogens is 1. The van der Waals surface area contributed by atoms with Crippen molar-refractivity contribution in [2.24, 2.45) is 11.1 Å². The predicted octanol–water partition coefficient (Wildman–Crippen LogP) is 2.03. The molecule has 28 heavy (non-hydrogen) atoms. The van der Waals surface area contributed by atoms with E-state index in [1.54, 1.807) is 0 Å². The van der Waals surface area contributed by atoms with Crippen LogP contribution in [0.4, 0.5) is 15.8 Å². The predicted molar refractivity (Wildman–Crippen MR) is 93.4 cm³/mol. The fourth-order valence-electron chi connectivity index (χ4n) is 3.24. The smallest absolute Gasteiger partial charge is 0.279 e. The van der Waals surface area contributed by atoms with Gasteiger partial charge in [-0.1, -0.05) is 17.3 Å². The molecule has 0 N–H and O–H groups in total. The summed E-state index contributed by atoms with van der Waals surface area (Å²) in [5.74, 6) is -2.75. The molecule has 2 aromatic rings. The average molecular weight is 385 g/mol. The van der Waals surface area contributed by atoms with Crippen LogP contribution in [0, 0.1) is 21.8 Å². The van der Waals surface area contributed by atoms with Crippen molar-refractivity contribution >= 4 is 28.9 Å². The van der Waals surface area contributed by atoms with Gasteiger partial charge in [0.05, 0.1) is 12.0 Å². The number of benzene rings is 2. The Morgan fingerprint density at radius 2 is 1.89 bits per heavy atom. The van der Waals surface area contributed by atoms with Gasteiger partial charge in [0.2, 0.25) is 12.0 Å². The van der Waals surface area contributed by atoms with Crippen LogP contribution < -0.4 is 9.64 Å². The van der Waals surface area contributed by atoms with Gasteiger partial charge in [-0.3, -0.25) is 19.7 Å². The van der Waals surface area contributed by atoms with Crippen molar-refractivity contribution in [2.75, 3.05) is 12.0 Å². The minimum absolute atomic E-state index is 0.0526. The van der Waals surface area contributed by atoms with E-state index in [-0.39, 0.29) is 22.8 Å². The fourth-order valence-corrected chi connectivity index (χ4v) is 3.24. The Kier molecular flexibility index (Phi) is 4.03. The SMILES string of the molecule is COc1ccc([N+](=O)[O-])cc1N1C(=O)[C@@H]2C(c3ccc(F)cc3)=NO[C@@H]2C1=O. The first kappa shape index (κ1) is 17.6. The molecule has 1 saturated heterocycles. The summed E-state index contributed by atoms with van der Waals surface area (Å²) in [5, 5.41) is 14.9. The molecule has 0 radical (unpaired) electrons. The molecule has 2 heterocycles. The van der Waals surface area contributed by atoms with Gasteiger partial charge in [0.15, 0.2) is 0 Å². The second kappa shape index (κ2) is 6.41. The summed E-state index contributed by atoms with van der Waals surface area (Å²) < 4.78 is 18.3. The van der Waals surface area contributed by atoms with Gasteiger partial charge >= 0.3 is 0 Å². The maximum atomic E-state index is 13.2. The van der Waals surface area contributed by atoms with E-state index in [4.69, 9.17) is 9.57 Å². The highest BCUT2D eigenvalue weighted by Crippen LogP contribution is 2.40. The van der Waals surface area contributed by atoms with Crippen molar-refractivity contribution in [3.05, 3.63) is 64.0 Å². The lowest BCUT2D eigenvalue weighted by Crippen LogP contribution is -2.33. The van der Waals surface area contributed by atoms with E-state index in [2.05, 4.69) is 5.16 Å². The number of nitro groups is 1. The molecular weight excluding hydrogens is 373 g/mol. The Labute approximate surface area is 157 Å². The molecule has 0 saturated carbocycles. The number of hydrogen-bond donors (Lipinski definition) is 0. The third-order valence-electron chi connectivity index (χ3n) is 4.57. The molecule has 0 unspecified atom stereocenters. The lowest BCUT2D eigenvalue weighted by atomic mass is 9.94. The number of fused-ring (bicyclic) bond motifs is 1. The molecular formula is C18H12FN3O6. The minimum atomic E-state index is -1.20. The molecule has 4 rings (SSSR count). The van der Waals surface area contributed by atoms with Gasteiger partial charge in [-0.2, -0.15) is 0 Å². The number of imide groups is 1. The molecule has 2 aromatic carbocycles. The summed E-state index contributed by atoms with van der Waals surface area (Å²) in [6, 6.07) is 8.85. The number of carbonyl (C=O) groups excluding carboxylic acids is 2. The molecule has 0 bridgehead atoms. The first-order chi connectivity index (χ1) is 13.4. The fraction of sp³-hybridized carbons (Fsp3) is 0.167. The molecule has 2 aliphatic heterocycles. The lowest BCUT2D eigenvalue weighted by molar-refractivity contribution is -0.384. The Hall–Kier alpha value is -3.82. The zero-order chi connectivity index (χ0) is 20.0. The average Bonchev–Trinajstić information content (AvgIpc) is 3.22. The van der Waals surface area contributed by atoms with E-state index < -0.39 is 34.6 Å². The highest BCUT2D eigenvalue weighted by atomic mass is 19.1. The summed E-state index contributed by atoms with van der Waals surface area (Å²) in [6.45, 7) is 0. The molecule has 0 aliphatic carbocycles. The number of hydrogen-bond acceptors (Lipinski definition) is 7. The Balaban J connectivity index is 1.75. The molecule has 0 aromatic heterocycles. The van der Waals surface area contributed by atoms with E-state index >= 15 is 0 Å². The van der Waals surface area contributed by atoms with Crippen LogP contribution in [-0.2, 0) is 14.4 Å². The number of non-ortho nitro benzene ring substituents is 1. The van der Waals surface area contributed by atoms with Crippen molar-refractivity contribution in [3.63, 3.8) is 0 Å². The van der Waals surface area contributed by atoms with E-state index in [9.17, 15) is 24.1 Å². The summed E-state index contributed by atoms with van der Waals surface area (Å²) in [4.78, 5) is 42.3. The van der Waals surface area contributed by atoms with Crippen molar-refractivity contribution in [1.82, 2.24) is 0 Å². The van der Waals surface area contributed by atoms with Gasteiger partial charge in [-0.25, -0.2) is 9.29 Å². The van der Waals surface area contributed by atoms with Crippen LogP contribution in [-0.4, -0.2) is 35.7 Å². The zero-order valence-corrected chi connectivity index (χ0v) is 14.4. The molecule has 1 fully saturated rings. The maximum absolute atomic E-state index is 13.2. The number of methoxy groups -OCH3 is 1. The molecule has 2 aliphatic rings. The van der Waals surface area contributed by atoms with Crippen molar-refractivity contribution in [1.29, 1.82) is 0 Å². The lowest BCUT2D eigenvalue weighted by Gasteiger charge is -2.18. The van der Waals surface area contributed by atoms with Gasteiger partial charge in [-0.15, -0.1) is 0 Å². The van der Waals surface area contributed by atoms with Crippen LogP contribution in [0.15, 0.2) is 47.6 Å². The first-order valence-corrected chi connectivity index (χ1v) is 8.12. The van der Waals surface area contributed by atoms with E-state index in [1.165, 1.54) is 43.5 Å². The van der Waals surface area contributed by atoms with Crippen molar-refractivity contribution in [2.45, 2.75) is 6.10 Å². The highest BCUT2D eigenvalue weighted by Gasteiger charge is 2.56. The summed E-state index contributed by atoms with van der Waals surface area (Å²) >= 11 is 0. The van der Waals surface area contributed by atoms with E-state index in [1.807, 2.05) is 0 Å². The first-order valence-electron chi connectivity index (χ1n) is 8.12. The van der Waals surface area contributed by atoms with Crippen LogP contribution in [0.25, 0.3) is 0 Å². The molecule has 2 atom stereocenters. The second-order valence-corrected chi connectivity index (χ2v) is 6.11. The maximum Gasteiger partial charge on any atom is 0.279 e. The van der Waals surface area contributed by atoms with Crippen LogP contribution >= 0.6 is 0 Å². The molecule has 9 nitrogen and oxygen atoms in total. The van der Waals surface area contributed by atoms with Gasteiger partial charge < -0.3 is 9.57 Å². The molecule has 142 valence electrons. The number of carbonyl (C=O) groups is 2. The van der Waals surface area contributed by atoms with Crippen molar-refractivity contribution in [3.8, 4) is 5.75 Å².